The van der Waals surface area contributed by atoms with Crippen molar-refractivity contribution in [3.8, 4) is 11.1 Å². The Morgan fingerprint density at radius 2 is 1.69 bits per heavy atom. The van der Waals surface area contributed by atoms with Gasteiger partial charge in [-0.2, -0.15) is 0 Å². The Kier molecular flexibility index (Phi) is 2.54. The third-order valence-corrected chi connectivity index (χ3v) is 4.54. The van der Waals surface area contributed by atoms with Gasteiger partial charge in [0.2, 0.25) is 0 Å². The summed E-state index contributed by atoms with van der Waals surface area (Å²) in [4.78, 5) is 0. The van der Waals surface area contributed by atoms with Crippen LogP contribution in [-0.2, 0) is 0 Å². The molecule has 1 heterocycles. The highest BCUT2D eigenvalue weighted by atomic mass is 79.9. The van der Waals surface area contributed by atoms with Crippen molar-refractivity contribution in [2.75, 3.05) is 0 Å². The highest BCUT2D eigenvalue weighted by molar-refractivity contribution is 9.10. The molecule has 0 amide bonds. The van der Waals surface area contributed by atoms with Gasteiger partial charge in [0.05, 0.1) is 0 Å². The molecule has 0 N–H and O–H groups in total. The second-order valence-corrected chi connectivity index (χ2v) is 5.43. The van der Waals surface area contributed by atoms with Crippen molar-refractivity contribution in [3.63, 3.8) is 0 Å². The summed E-state index contributed by atoms with van der Waals surface area (Å²) < 4.78 is 2.51. The predicted octanol–water partition coefficient (Wildman–Crippen LogP) is 5.33. The van der Waals surface area contributed by atoms with Crippen molar-refractivity contribution in [2.24, 2.45) is 0 Å². The summed E-state index contributed by atoms with van der Waals surface area (Å²) in [6.45, 7) is 0. The average Bonchev–Trinajstić information content (AvgIpc) is 2.72. The van der Waals surface area contributed by atoms with E-state index in [-0.39, 0.29) is 0 Å². The number of fused-ring (bicyclic) bond motifs is 1. The molecule has 0 bridgehead atoms. The summed E-state index contributed by atoms with van der Waals surface area (Å²) >= 11 is 5.33. The van der Waals surface area contributed by atoms with E-state index < -0.39 is 0 Å². The molecular weight excluding hydrogens is 280 g/mol. The van der Waals surface area contributed by atoms with Gasteiger partial charge < -0.3 is 0 Å². The molecule has 1 aromatic heterocycles. The molecule has 0 atom stereocenters. The molecule has 3 aromatic rings. The van der Waals surface area contributed by atoms with Gasteiger partial charge in [-0.15, -0.1) is 11.3 Å². The first-order chi connectivity index (χ1) is 7.84. The summed E-state index contributed by atoms with van der Waals surface area (Å²) in [5, 5.41) is 3.43. The molecule has 0 aliphatic carbocycles. The molecule has 3 rings (SSSR count). The van der Waals surface area contributed by atoms with E-state index in [0.717, 1.165) is 0 Å². The highest BCUT2D eigenvalue weighted by Gasteiger charge is 2.03. The van der Waals surface area contributed by atoms with Gasteiger partial charge in [-0.05, 0) is 33.1 Å². The third-order valence-electron chi connectivity index (χ3n) is 2.64. The lowest BCUT2D eigenvalue weighted by molar-refractivity contribution is 1.65. The van der Waals surface area contributed by atoms with Gasteiger partial charge in [0.15, 0.2) is 0 Å². The molecule has 0 spiro atoms. The second-order valence-electron chi connectivity index (χ2n) is 3.66. The van der Waals surface area contributed by atoms with Crippen LogP contribution in [0.4, 0.5) is 0 Å². The Morgan fingerprint density at radius 1 is 0.875 bits per heavy atom. The molecule has 78 valence electrons. The number of thiophene rings is 1. The maximum absolute atomic E-state index is 3.56. The van der Waals surface area contributed by atoms with Gasteiger partial charge in [0, 0.05) is 19.9 Å². The van der Waals surface area contributed by atoms with Crippen LogP contribution in [0.2, 0.25) is 0 Å². The number of hydrogen-bond acceptors (Lipinski definition) is 1. The maximum Gasteiger partial charge on any atom is 0.0361 e. The van der Waals surface area contributed by atoms with Crippen LogP contribution >= 0.6 is 27.3 Å². The van der Waals surface area contributed by atoms with Gasteiger partial charge >= 0.3 is 0 Å². The second kappa shape index (κ2) is 4.04. The van der Waals surface area contributed by atoms with Crippen LogP contribution in [0, 0.1) is 0 Å². The zero-order valence-corrected chi connectivity index (χ0v) is 10.9. The zero-order chi connectivity index (χ0) is 11.0. The fourth-order valence-corrected chi connectivity index (χ4v) is 3.42. The van der Waals surface area contributed by atoms with Crippen molar-refractivity contribution in [1.29, 1.82) is 0 Å². The van der Waals surface area contributed by atoms with Crippen LogP contribution in [0.3, 0.4) is 0 Å². The smallest absolute Gasteiger partial charge is 0.0361 e. The molecule has 0 aliphatic rings. The lowest BCUT2D eigenvalue weighted by Gasteiger charge is -2.01. The highest BCUT2D eigenvalue weighted by Crippen LogP contribution is 2.33. The van der Waals surface area contributed by atoms with Gasteiger partial charge in [0.25, 0.3) is 0 Å². The van der Waals surface area contributed by atoms with E-state index in [9.17, 15) is 0 Å². The number of hydrogen-bond donors (Lipinski definition) is 0. The van der Waals surface area contributed by atoms with Crippen LogP contribution in [0.25, 0.3) is 21.2 Å². The van der Waals surface area contributed by atoms with Crippen LogP contribution < -0.4 is 0 Å². The molecular formula is C14H9BrS. The molecule has 16 heavy (non-hydrogen) atoms. The quantitative estimate of drug-likeness (QED) is 0.568. The molecule has 0 fully saturated rings. The predicted molar refractivity (Wildman–Crippen MR) is 75.0 cm³/mol. The minimum absolute atomic E-state index is 1.19. The number of halogens is 1. The van der Waals surface area contributed by atoms with Crippen LogP contribution in [0.5, 0.6) is 0 Å². The summed E-state index contributed by atoms with van der Waals surface area (Å²) in [5.41, 5.74) is 2.55. The maximum atomic E-state index is 3.56. The van der Waals surface area contributed by atoms with E-state index >= 15 is 0 Å². The number of benzene rings is 2. The lowest BCUT2D eigenvalue weighted by Crippen LogP contribution is -1.75. The Balaban J connectivity index is 2.19. The van der Waals surface area contributed by atoms with E-state index in [4.69, 9.17) is 0 Å². The molecule has 2 aromatic carbocycles. The fourth-order valence-electron chi connectivity index (χ4n) is 1.81. The van der Waals surface area contributed by atoms with Gasteiger partial charge in [-0.25, -0.2) is 0 Å². The topological polar surface area (TPSA) is 0 Å². The van der Waals surface area contributed by atoms with Gasteiger partial charge in [-0.1, -0.05) is 42.5 Å². The monoisotopic (exact) mass is 288 g/mol. The first-order valence-electron chi connectivity index (χ1n) is 5.07. The number of rotatable bonds is 1. The zero-order valence-electron chi connectivity index (χ0n) is 8.48. The average molecular weight is 289 g/mol. The molecule has 0 radical (unpaired) electrons. The van der Waals surface area contributed by atoms with E-state index in [0.29, 0.717) is 0 Å². The van der Waals surface area contributed by atoms with Gasteiger partial charge in [-0.3, -0.25) is 0 Å². The van der Waals surface area contributed by atoms with E-state index in [1.54, 1.807) is 11.3 Å². The summed E-state index contributed by atoms with van der Waals surface area (Å²) in [7, 11) is 0. The van der Waals surface area contributed by atoms with Crippen molar-refractivity contribution < 1.29 is 0 Å². The molecule has 0 aliphatic heterocycles. The minimum Gasteiger partial charge on any atom is -0.143 e. The summed E-state index contributed by atoms with van der Waals surface area (Å²) in [6.07, 6.45) is 0. The van der Waals surface area contributed by atoms with Crippen molar-refractivity contribution in [3.05, 3.63) is 58.4 Å². The minimum atomic E-state index is 1.19. The van der Waals surface area contributed by atoms with Crippen LogP contribution in [0.1, 0.15) is 0 Å². The molecule has 0 unspecified atom stereocenters. The fraction of sp³-hybridized carbons (Fsp3) is 0. The SMILES string of the molecule is Brc1csc2cc(-c3ccccc3)ccc12. The van der Waals surface area contributed by atoms with Crippen molar-refractivity contribution in [1.82, 2.24) is 0 Å². The van der Waals surface area contributed by atoms with Crippen molar-refractivity contribution >= 4 is 37.4 Å². The Hall–Kier alpha value is -1.12. The van der Waals surface area contributed by atoms with Crippen LogP contribution in [0.15, 0.2) is 58.4 Å². The first kappa shape index (κ1) is 10.1. The normalized spacial score (nSPS) is 10.8. The molecule has 0 saturated carbocycles. The van der Waals surface area contributed by atoms with E-state index in [1.165, 1.54) is 25.7 Å². The molecule has 2 heteroatoms. The van der Waals surface area contributed by atoms with E-state index in [2.05, 4.69) is 63.8 Å². The van der Waals surface area contributed by atoms with Gasteiger partial charge in [0.1, 0.15) is 0 Å². The third kappa shape index (κ3) is 1.68. The largest absolute Gasteiger partial charge is 0.143 e. The first-order valence-corrected chi connectivity index (χ1v) is 6.74. The Labute approximate surface area is 107 Å². The van der Waals surface area contributed by atoms with Crippen LogP contribution in [-0.4, -0.2) is 0 Å². The summed E-state index contributed by atoms with van der Waals surface area (Å²) in [6, 6.07) is 17.1. The molecule has 0 nitrogen and oxygen atoms in total. The standard InChI is InChI=1S/C14H9BrS/c15-13-9-16-14-8-11(6-7-12(13)14)10-4-2-1-3-5-10/h1-9H. The summed E-state index contributed by atoms with van der Waals surface area (Å²) in [5.74, 6) is 0. The Bertz CT molecular complexity index is 626. The molecule has 0 saturated heterocycles. The van der Waals surface area contributed by atoms with Crippen molar-refractivity contribution in [2.45, 2.75) is 0 Å². The lowest BCUT2D eigenvalue weighted by atomic mass is 10.1. The Morgan fingerprint density at radius 3 is 2.50 bits per heavy atom. The van der Waals surface area contributed by atoms with E-state index in [1.807, 2.05) is 6.07 Å².